The number of aromatic nitrogens is 1. The summed E-state index contributed by atoms with van der Waals surface area (Å²) in [6, 6.07) is 11.6. The first-order chi connectivity index (χ1) is 15.5. The summed E-state index contributed by atoms with van der Waals surface area (Å²) in [6.45, 7) is 7.07. The molecular formula is C25H37N7. The van der Waals surface area contributed by atoms with Gasteiger partial charge in [0, 0.05) is 30.2 Å². The van der Waals surface area contributed by atoms with Crippen molar-refractivity contribution in [2.24, 2.45) is 38.3 Å². The molecule has 2 rings (SSSR count). The van der Waals surface area contributed by atoms with E-state index in [1.165, 1.54) is 0 Å². The molecule has 0 aliphatic heterocycles. The first-order valence-electron chi connectivity index (χ1n) is 11.5. The lowest BCUT2D eigenvalue weighted by atomic mass is 9.99. The van der Waals surface area contributed by atoms with Crippen LogP contribution in [0, 0.1) is 5.92 Å². The SMILES string of the molecule is CCCCC(N=C(N)CC(CC)CC)=NCc1ccc(-c2ccccc2/C(N)=N/N)nc1. The molecule has 0 spiro atoms. The van der Waals surface area contributed by atoms with Crippen LogP contribution in [0.15, 0.2) is 57.7 Å². The van der Waals surface area contributed by atoms with Gasteiger partial charge in [-0.15, -0.1) is 0 Å². The second-order valence-corrected chi connectivity index (χ2v) is 7.94. The second kappa shape index (κ2) is 13.2. The third-order valence-corrected chi connectivity index (χ3v) is 5.57. The van der Waals surface area contributed by atoms with E-state index in [9.17, 15) is 0 Å². The van der Waals surface area contributed by atoms with E-state index in [0.717, 1.165) is 66.7 Å². The fourth-order valence-corrected chi connectivity index (χ4v) is 3.45. The molecule has 172 valence electrons. The first kappa shape index (κ1) is 25.0. The lowest BCUT2D eigenvalue weighted by molar-refractivity contribution is 0.511. The number of hydrogen-bond acceptors (Lipinski definition) is 4. The van der Waals surface area contributed by atoms with Gasteiger partial charge in [-0.1, -0.05) is 70.4 Å². The fourth-order valence-electron chi connectivity index (χ4n) is 3.45. The van der Waals surface area contributed by atoms with Crippen molar-refractivity contribution in [1.82, 2.24) is 4.98 Å². The molecule has 32 heavy (non-hydrogen) atoms. The largest absolute Gasteiger partial charge is 0.387 e. The number of nitrogens with zero attached hydrogens (tertiary/aromatic N) is 4. The Balaban J connectivity index is 2.18. The van der Waals surface area contributed by atoms with Crippen LogP contribution in [0.5, 0.6) is 0 Å². The molecule has 0 unspecified atom stereocenters. The normalized spacial score (nSPS) is 13.1. The van der Waals surface area contributed by atoms with Crippen LogP contribution in [-0.2, 0) is 6.54 Å². The Morgan fingerprint density at radius 2 is 1.78 bits per heavy atom. The van der Waals surface area contributed by atoms with Crippen LogP contribution in [0.25, 0.3) is 11.3 Å². The predicted molar refractivity (Wildman–Crippen MR) is 136 cm³/mol. The third kappa shape index (κ3) is 7.48. The van der Waals surface area contributed by atoms with Gasteiger partial charge in [-0.25, -0.2) is 4.99 Å². The summed E-state index contributed by atoms with van der Waals surface area (Å²) in [5, 5.41) is 3.61. The Morgan fingerprint density at radius 3 is 2.41 bits per heavy atom. The number of benzene rings is 1. The molecule has 7 heteroatoms. The number of aliphatic imine (C=N–C) groups is 2. The number of nitrogens with two attached hydrogens (primary N) is 3. The minimum absolute atomic E-state index is 0.278. The van der Waals surface area contributed by atoms with E-state index in [4.69, 9.17) is 22.3 Å². The summed E-state index contributed by atoms with van der Waals surface area (Å²) >= 11 is 0. The van der Waals surface area contributed by atoms with Gasteiger partial charge in [-0.05, 0) is 24.0 Å². The van der Waals surface area contributed by atoms with E-state index in [1.807, 2.05) is 42.6 Å². The van der Waals surface area contributed by atoms with Gasteiger partial charge in [0.2, 0.25) is 0 Å². The number of unbranched alkanes of at least 4 members (excludes halogenated alkanes) is 1. The highest BCUT2D eigenvalue weighted by molar-refractivity contribution is 6.02. The summed E-state index contributed by atoms with van der Waals surface area (Å²) in [4.78, 5) is 14.0. The molecule has 1 aromatic heterocycles. The van der Waals surface area contributed by atoms with E-state index >= 15 is 0 Å². The number of hydrogen-bond donors (Lipinski definition) is 3. The van der Waals surface area contributed by atoms with Crippen molar-refractivity contribution in [3.05, 3.63) is 53.7 Å². The monoisotopic (exact) mass is 435 g/mol. The summed E-state index contributed by atoms with van der Waals surface area (Å²) < 4.78 is 0. The Bertz CT molecular complexity index is 926. The quantitative estimate of drug-likeness (QED) is 0.206. The van der Waals surface area contributed by atoms with Gasteiger partial charge >= 0.3 is 0 Å². The molecule has 0 amide bonds. The van der Waals surface area contributed by atoms with Crippen molar-refractivity contribution in [3.63, 3.8) is 0 Å². The average molecular weight is 436 g/mol. The molecule has 0 saturated heterocycles. The summed E-state index contributed by atoms with van der Waals surface area (Å²) in [5.41, 5.74) is 15.6. The topological polar surface area (TPSA) is 128 Å². The zero-order chi connectivity index (χ0) is 23.3. The van der Waals surface area contributed by atoms with Crippen molar-refractivity contribution < 1.29 is 0 Å². The smallest absolute Gasteiger partial charge is 0.150 e. The van der Waals surface area contributed by atoms with E-state index in [0.29, 0.717) is 18.3 Å². The third-order valence-electron chi connectivity index (χ3n) is 5.57. The number of rotatable bonds is 11. The van der Waals surface area contributed by atoms with Crippen LogP contribution in [0.2, 0.25) is 0 Å². The van der Waals surface area contributed by atoms with Crippen molar-refractivity contribution in [2.45, 2.75) is 65.8 Å². The van der Waals surface area contributed by atoms with Gasteiger partial charge in [0.1, 0.15) is 11.7 Å². The van der Waals surface area contributed by atoms with Crippen molar-refractivity contribution in [3.8, 4) is 11.3 Å². The number of pyridine rings is 1. The zero-order valence-electron chi connectivity index (χ0n) is 19.6. The molecule has 7 nitrogen and oxygen atoms in total. The Hall–Kier alpha value is -3.22. The van der Waals surface area contributed by atoms with E-state index in [-0.39, 0.29) is 5.84 Å². The van der Waals surface area contributed by atoms with E-state index in [1.54, 1.807) is 0 Å². The average Bonchev–Trinajstić information content (AvgIpc) is 2.84. The van der Waals surface area contributed by atoms with Crippen molar-refractivity contribution in [1.29, 1.82) is 0 Å². The molecule has 0 atom stereocenters. The first-order valence-corrected chi connectivity index (χ1v) is 11.5. The Kier molecular flexibility index (Phi) is 10.4. The van der Waals surface area contributed by atoms with Crippen LogP contribution in [0.4, 0.5) is 0 Å². The van der Waals surface area contributed by atoms with Gasteiger partial charge in [-0.3, -0.25) is 9.98 Å². The highest BCUT2D eigenvalue weighted by atomic mass is 15.2. The maximum absolute atomic E-state index is 6.23. The maximum Gasteiger partial charge on any atom is 0.150 e. The van der Waals surface area contributed by atoms with E-state index in [2.05, 4.69) is 35.8 Å². The summed E-state index contributed by atoms with van der Waals surface area (Å²) in [7, 11) is 0. The van der Waals surface area contributed by atoms with Gasteiger partial charge in [0.15, 0.2) is 5.84 Å². The molecule has 1 aromatic carbocycles. The second-order valence-electron chi connectivity index (χ2n) is 7.94. The van der Waals surface area contributed by atoms with Gasteiger partial charge in [-0.2, -0.15) is 5.10 Å². The van der Waals surface area contributed by atoms with Crippen LogP contribution < -0.4 is 17.3 Å². The molecule has 0 radical (unpaired) electrons. The van der Waals surface area contributed by atoms with Crippen molar-refractivity contribution in [2.75, 3.05) is 0 Å². The fraction of sp³-hybridized carbons (Fsp3) is 0.440. The summed E-state index contributed by atoms with van der Waals surface area (Å²) in [5.74, 6) is 7.71. The highest BCUT2D eigenvalue weighted by Crippen LogP contribution is 2.22. The molecule has 0 saturated carbocycles. The molecule has 0 aliphatic carbocycles. The van der Waals surface area contributed by atoms with Crippen LogP contribution in [0.1, 0.15) is 70.4 Å². The zero-order valence-corrected chi connectivity index (χ0v) is 19.6. The lowest BCUT2D eigenvalue weighted by Gasteiger charge is -2.12. The molecule has 2 aromatic rings. The molecule has 0 bridgehead atoms. The standard InChI is InChI=1S/C25H37N7/c1-4-7-12-24(31-23(26)15-18(5-2)6-3)30-17-19-13-14-22(29-16-19)20-10-8-9-11-21(20)25(27)32-28/h8-11,13-14,16,18H,4-7,12,15,17,28H2,1-3H3,(H2,27,32)(H2,26,30,31). The van der Waals surface area contributed by atoms with E-state index < -0.39 is 0 Å². The molecular weight excluding hydrogens is 398 g/mol. The molecule has 0 fully saturated rings. The van der Waals surface area contributed by atoms with Crippen molar-refractivity contribution >= 4 is 17.5 Å². The molecule has 0 aliphatic rings. The van der Waals surface area contributed by atoms with Gasteiger partial charge < -0.3 is 17.3 Å². The molecule has 6 N–H and O–H groups in total. The minimum atomic E-state index is 0.278. The summed E-state index contributed by atoms with van der Waals surface area (Å²) in [6.07, 6.45) is 7.83. The highest BCUT2D eigenvalue weighted by Gasteiger charge is 2.10. The van der Waals surface area contributed by atoms with Crippen LogP contribution in [0.3, 0.4) is 0 Å². The Labute approximate surface area is 191 Å². The van der Waals surface area contributed by atoms with Crippen LogP contribution in [-0.4, -0.2) is 22.5 Å². The molecule has 1 heterocycles. The lowest BCUT2D eigenvalue weighted by Crippen LogP contribution is -2.18. The number of amidine groups is 3. The van der Waals surface area contributed by atoms with Gasteiger partial charge in [0.05, 0.1) is 12.2 Å². The Morgan fingerprint density at radius 1 is 1.03 bits per heavy atom. The predicted octanol–water partition coefficient (Wildman–Crippen LogP) is 4.60. The maximum atomic E-state index is 6.23. The number of hydrazone groups is 1. The van der Waals surface area contributed by atoms with Gasteiger partial charge in [0.25, 0.3) is 0 Å². The van der Waals surface area contributed by atoms with Crippen LogP contribution >= 0.6 is 0 Å². The minimum Gasteiger partial charge on any atom is -0.387 e.